The second kappa shape index (κ2) is 6.08. The summed E-state index contributed by atoms with van der Waals surface area (Å²) in [6.45, 7) is 0. The van der Waals surface area contributed by atoms with Crippen LogP contribution in [-0.4, -0.2) is 5.11 Å². The van der Waals surface area contributed by atoms with E-state index in [1.807, 2.05) is 12.1 Å². The maximum atomic E-state index is 10.2. The lowest BCUT2D eigenvalue weighted by Crippen LogP contribution is -2.11. The van der Waals surface area contributed by atoms with Crippen LogP contribution in [0.3, 0.4) is 0 Å². The molecule has 0 heterocycles. The fraction of sp³-hybridized carbons (Fsp3) is 0.571. The topological polar surface area (TPSA) is 20.2 Å². The third-order valence-corrected chi connectivity index (χ3v) is 4.46. The highest BCUT2D eigenvalue weighted by molar-refractivity contribution is 6.42. The summed E-state index contributed by atoms with van der Waals surface area (Å²) in [7, 11) is 0. The van der Waals surface area contributed by atoms with Gasteiger partial charge in [-0.3, -0.25) is 0 Å². The molecule has 1 saturated carbocycles. The van der Waals surface area contributed by atoms with Gasteiger partial charge in [-0.15, -0.1) is 0 Å². The first-order valence-electron chi connectivity index (χ1n) is 6.30. The molecule has 0 bridgehead atoms. The zero-order valence-electron chi connectivity index (χ0n) is 9.83. The Bertz CT molecular complexity index is 372. The highest BCUT2D eigenvalue weighted by Gasteiger charge is 2.20. The largest absolute Gasteiger partial charge is 0.388 e. The Kier molecular flexibility index (Phi) is 4.72. The molecule has 1 N–H and O–H groups in total. The molecule has 1 atom stereocenters. The minimum absolute atomic E-state index is 0.482. The second-order valence-corrected chi connectivity index (χ2v) is 5.68. The molecule has 0 aliphatic heterocycles. The highest BCUT2D eigenvalue weighted by Crippen LogP contribution is 2.36. The van der Waals surface area contributed by atoms with E-state index in [9.17, 15) is 5.11 Å². The summed E-state index contributed by atoms with van der Waals surface area (Å²) in [4.78, 5) is 0. The third-order valence-electron chi connectivity index (χ3n) is 3.62. The Labute approximate surface area is 113 Å². The van der Waals surface area contributed by atoms with Gasteiger partial charge in [0.2, 0.25) is 0 Å². The summed E-state index contributed by atoms with van der Waals surface area (Å²) in [5.41, 5.74) is 0.768. The second-order valence-electron chi connectivity index (χ2n) is 4.90. The standard InChI is InChI=1S/C14H18Cl2O/c15-12-8-4-7-11(14(12)16)13(17)9-10-5-2-1-3-6-10/h4,7-8,10,13,17H,1-3,5-6,9H2. The first-order valence-corrected chi connectivity index (χ1v) is 7.06. The lowest BCUT2D eigenvalue weighted by Gasteiger charge is -2.24. The number of rotatable bonds is 3. The maximum absolute atomic E-state index is 10.2. The fourth-order valence-electron chi connectivity index (χ4n) is 2.64. The molecular weight excluding hydrogens is 255 g/mol. The van der Waals surface area contributed by atoms with Gasteiger partial charge in [0.15, 0.2) is 0 Å². The number of hydrogen-bond donors (Lipinski definition) is 1. The summed E-state index contributed by atoms with van der Waals surface area (Å²) in [6, 6.07) is 5.45. The molecule has 1 unspecified atom stereocenters. The van der Waals surface area contributed by atoms with Gasteiger partial charge in [0, 0.05) is 5.56 Å². The van der Waals surface area contributed by atoms with Crippen molar-refractivity contribution in [2.24, 2.45) is 5.92 Å². The highest BCUT2D eigenvalue weighted by atomic mass is 35.5. The van der Waals surface area contributed by atoms with E-state index >= 15 is 0 Å². The van der Waals surface area contributed by atoms with E-state index < -0.39 is 6.10 Å². The van der Waals surface area contributed by atoms with Gasteiger partial charge in [0.25, 0.3) is 0 Å². The molecule has 0 amide bonds. The van der Waals surface area contributed by atoms with Crippen molar-refractivity contribution in [2.75, 3.05) is 0 Å². The van der Waals surface area contributed by atoms with Crippen LogP contribution >= 0.6 is 23.2 Å². The van der Waals surface area contributed by atoms with Gasteiger partial charge in [0.1, 0.15) is 0 Å². The van der Waals surface area contributed by atoms with Gasteiger partial charge in [0.05, 0.1) is 16.1 Å². The van der Waals surface area contributed by atoms with Crippen LogP contribution in [0.25, 0.3) is 0 Å². The SMILES string of the molecule is OC(CC1CCCCC1)c1cccc(Cl)c1Cl. The number of aliphatic hydroxyl groups excluding tert-OH is 1. The Morgan fingerprint density at radius 3 is 2.59 bits per heavy atom. The molecule has 1 nitrogen and oxygen atoms in total. The predicted octanol–water partition coefficient (Wildman–Crippen LogP) is 5.00. The van der Waals surface area contributed by atoms with E-state index in [1.54, 1.807) is 6.07 Å². The van der Waals surface area contributed by atoms with Crippen molar-refractivity contribution in [1.82, 2.24) is 0 Å². The van der Waals surface area contributed by atoms with E-state index in [0.29, 0.717) is 16.0 Å². The van der Waals surface area contributed by atoms with Crippen LogP contribution in [0.4, 0.5) is 0 Å². The average Bonchev–Trinajstić information content (AvgIpc) is 2.34. The molecule has 17 heavy (non-hydrogen) atoms. The van der Waals surface area contributed by atoms with E-state index in [-0.39, 0.29) is 0 Å². The number of hydrogen-bond acceptors (Lipinski definition) is 1. The van der Waals surface area contributed by atoms with E-state index in [0.717, 1.165) is 12.0 Å². The van der Waals surface area contributed by atoms with Gasteiger partial charge in [-0.25, -0.2) is 0 Å². The van der Waals surface area contributed by atoms with Crippen LogP contribution in [0.2, 0.25) is 10.0 Å². The van der Waals surface area contributed by atoms with Crippen LogP contribution in [0.1, 0.15) is 50.2 Å². The Hall–Kier alpha value is -0.240. The van der Waals surface area contributed by atoms with Gasteiger partial charge >= 0.3 is 0 Å². The first-order chi connectivity index (χ1) is 8.18. The lowest BCUT2D eigenvalue weighted by molar-refractivity contribution is 0.131. The fourth-order valence-corrected chi connectivity index (χ4v) is 3.08. The quantitative estimate of drug-likeness (QED) is 0.821. The van der Waals surface area contributed by atoms with Crippen molar-refractivity contribution < 1.29 is 5.11 Å². The Balaban J connectivity index is 2.03. The third kappa shape index (κ3) is 3.37. The van der Waals surface area contributed by atoms with Crippen LogP contribution in [-0.2, 0) is 0 Å². The summed E-state index contributed by atoms with van der Waals surface area (Å²) in [5, 5.41) is 11.3. The minimum atomic E-state index is -0.482. The van der Waals surface area contributed by atoms with Crippen molar-refractivity contribution in [2.45, 2.75) is 44.6 Å². The van der Waals surface area contributed by atoms with Gasteiger partial charge < -0.3 is 5.11 Å². The molecule has 1 aliphatic carbocycles. The molecule has 0 radical (unpaired) electrons. The van der Waals surface area contributed by atoms with Crippen LogP contribution in [0.5, 0.6) is 0 Å². The Morgan fingerprint density at radius 2 is 1.88 bits per heavy atom. The summed E-state index contributed by atoms with van der Waals surface area (Å²) >= 11 is 12.1. The maximum Gasteiger partial charge on any atom is 0.0807 e. The van der Waals surface area contributed by atoms with Crippen LogP contribution in [0, 0.1) is 5.92 Å². The van der Waals surface area contributed by atoms with Gasteiger partial charge in [-0.05, 0) is 18.4 Å². The molecule has 2 rings (SSSR count). The molecule has 0 saturated heterocycles. The summed E-state index contributed by atoms with van der Waals surface area (Å²) < 4.78 is 0. The molecule has 1 aromatic carbocycles. The molecular formula is C14H18Cl2O. The monoisotopic (exact) mass is 272 g/mol. The smallest absolute Gasteiger partial charge is 0.0807 e. The van der Waals surface area contributed by atoms with E-state index in [1.165, 1.54) is 32.1 Å². The summed E-state index contributed by atoms with van der Waals surface area (Å²) in [6.07, 6.45) is 6.71. The van der Waals surface area contributed by atoms with Crippen molar-refractivity contribution in [3.8, 4) is 0 Å². The molecule has 0 spiro atoms. The Morgan fingerprint density at radius 1 is 1.18 bits per heavy atom. The molecule has 1 aromatic rings. The van der Waals surface area contributed by atoms with Gasteiger partial charge in [-0.1, -0.05) is 67.4 Å². The predicted molar refractivity (Wildman–Crippen MR) is 72.6 cm³/mol. The zero-order chi connectivity index (χ0) is 12.3. The van der Waals surface area contributed by atoms with Crippen molar-refractivity contribution in [3.63, 3.8) is 0 Å². The lowest BCUT2D eigenvalue weighted by atomic mass is 9.84. The molecule has 1 fully saturated rings. The normalized spacial score (nSPS) is 19.2. The van der Waals surface area contributed by atoms with Crippen LogP contribution < -0.4 is 0 Å². The average molecular weight is 273 g/mol. The van der Waals surface area contributed by atoms with Crippen molar-refractivity contribution in [1.29, 1.82) is 0 Å². The molecule has 94 valence electrons. The van der Waals surface area contributed by atoms with Gasteiger partial charge in [-0.2, -0.15) is 0 Å². The van der Waals surface area contributed by atoms with E-state index in [4.69, 9.17) is 23.2 Å². The number of benzene rings is 1. The van der Waals surface area contributed by atoms with Crippen molar-refractivity contribution >= 4 is 23.2 Å². The van der Waals surface area contributed by atoms with Crippen molar-refractivity contribution in [3.05, 3.63) is 33.8 Å². The minimum Gasteiger partial charge on any atom is -0.388 e. The number of halogens is 2. The molecule has 1 aliphatic rings. The zero-order valence-corrected chi connectivity index (χ0v) is 11.3. The number of aliphatic hydroxyl groups is 1. The van der Waals surface area contributed by atoms with Crippen LogP contribution in [0.15, 0.2) is 18.2 Å². The molecule has 3 heteroatoms. The van der Waals surface area contributed by atoms with E-state index in [2.05, 4.69) is 0 Å². The first kappa shape index (κ1) is 13.2. The summed E-state index contributed by atoms with van der Waals surface area (Å²) in [5.74, 6) is 0.633. The molecule has 0 aromatic heterocycles.